The van der Waals surface area contributed by atoms with Crippen molar-refractivity contribution in [2.24, 2.45) is 23.2 Å². The third kappa shape index (κ3) is 8.58. The Morgan fingerprint density at radius 3 is 2.04 bits per heavy atom. The number of urea groups is 1. The van der Waals surface area contributed by atoms with Crippen LogP contribution in [0.15, 0.2) is 0 Å². The fourth-order valence-electron chi connectivity index (χ4n) is 9.40. The molecule has 304 valence electrons. The number of nitrogens with zero attached hydrogens (tertiary/aromatic N) is 1. The standard InChI is InChI=1S/C39H61Cl2N5O7S/c1-5-36(2,3)54(52,53)23-38(19-10-7-11-20-38)45-35(51)44-31(37(4)17-8-6-9-18-37)34(50)46-22-26-28(39(26,40)41)29(46)32(48)43-27(21-24-13-12-14-24)30(47)33(49)42-25-15-16-25/h24-29,31H,5-23H2,1-4H3,(H,42,49)(H,43,48)(H2,44,45,51)/t26?,27?,28-,29-,31+/m0/s1. The highest BCUT2D eigenvalue weighted by atomic mass is 35.5. The molecule has 1 saturated heterocycles. The summed E-state index contributed by atoms with van der Waals surface area (Å²) in [7, 11) is -3.60. The predicted molar refractivity (Wildman–Crippen MR) is 208 cm³/mol. The van der Waals surface area contributed by atoms with E-state index in [9.17, 15) is 32.4 Å². The molecule has 6 fully saturated rings. The number of piperidine rings is 1. The van der Waals surface area contributed by atoms with Crippen LogP contribution in [0.4, 0.5) is 4.79 Å². The monoisotopic (exact) mass is 813 g/mol. The first-order chi connectivity index (χ1) is 25.3. The van der Waals surface area contributed by atoms with E-state index in [0.717, 1.165) is 70.6 Å². The van der Waals surface area contributed by atoms with Crippen LogP contribution in [-0.4, -0.2) is 93.9 Å². The van der Waals surface area contributed by atoms with Crippen LogP contribution in [0, 0.1) is 23.2 Å². The van der Waals surface area contributed by atoms with Crippen LogP contribution in [-0.2, 0) is 29.0 Å². The first-order valence-corrected chi connectivity index (χ1v) is 22.9. The summed E-state index contributed by atoms with van der Waals surface area (Å²) < 4.78 is 25.2. The van der Waals surface area contributed by atoms with Crippen LogP contribution in [0.25, 0.3) is 0 Å². The zero-order chi connectivity index (χ0) is 39.3. The Kier molecular flexibility index (Phi) is 12.0. The zero-order valence-corrected chi connectivity index (χ0v) is 34.8. The second-order valence-electron chi connectivity index (χ2n) is 18.4. The minimum Gasteiger partial charge on any atom is -0.347 e. The van der Waals surface area contributed by atoms with Crippen molar-refractivity contribution >= 4 is 62.6 Å². The molecule has 15 heteroatoms. The zero-order valence-electron chi connectivity index (χ0n) is 32.4. The molecule has 12 nitrogen and oxygen atoms in total. The number of carbonyl (C=O) groups is 5. The molecule has 6 rings (SSSR count). The van der Waals surface area contributed by atoms with Crippen LogP contribution < -0.4 is 21.3 Å². The lowest BCUT2D eigenvalue weighted by molar-refractivity contribution is -0.145. The number of likely N-dealkylation sites (tertiary alicyclic amines) is 1. The normalized spacial score (nSPS) is 28.4. The molecule has 54 heavy (non-hydrogen) atoms. The minimum atomic E-state index is -3.60. The highest BCUT2D eigenvalue weighted by Gasteiger charge is 2.74. The molecule has 6 aliphatic rings. The summed E-state index contributed by atoms with van der Waals surface area (Å²) >= 11 is 13.4. The van der Waals surface area contributed by atoms with E-state index in [2.05, 4.69) is 21.3 Å². The first-order valence-electron chi connectivity index (χ1n) is 20.5. The van der Waals surface area contributed by atoms with Gasteiger partial charge in [0.2, 0.25) is 17.6 Å². The lowest BCUT2D eigenvalue weighted by atomic mass is 9.70. The molecule has 1 heterocycles. The molecule has 0 aromatic carbocycles. The number of rotatable bonds is 15. The van der Waals surface area contributed by atoms with Gasteiger partial charge >= 0.3 is 6.03 Å². The van der Waals surface area contributed by atoms with Crippen molar-refractivity contribution in [1.29, 1.82) is 0 Å². The maximum atomic E-state index is 14.9. The number of alkyl halides is 2. The van der Waals surface area contributed by atoms with Crippen molar-refractivity contribution in [2.75, 3.05) is 12.3 Å². The van der Waals surface area contributed by atoms with Gasteiger partial charge < -0.3 is 26.2 Å². The smallest absolute Gasteiger partial charge is 0.315 e. The Balaban J connectivity index is 1.24. The fourth-order valence-corrected chi connectivity index (χ4v) is 12.1. The van der Waals surface area contributed by atoms with Gasteiger partial charge in [-0.05, 0) is 76.5 Å². The quantitative estimate of drug-likeness (QED) is 0.132. The Morgan fingerprint density at radius 2 is 1.48 bits per heavy atom. The fraction of sp³-hybridized carbons (Fsp3) is 0.872. The van der Waals surface area contributed by atoms with Gasteiger partial charge in [-0.25, -0.2) is 13.2 Å². The van der Waals surface area contributed by atoms with Gasteiger partial charge in [-0.2, -0.15) is 0 Å². The Morgan fingerprint density at radius 1 is 0.870 bits per heavy atom. The van der Waals surface area contributed by atoms with Crippen LogP contribution in [0.2, 0.25) is 0 Å². The number of amides is 5. The number of carbonyl (C=O) groups excluding carboxylic acids is 5. The van der Waals surface area contributed by atoms with Gasteiger partial charge in [0, 0.05) is 24.4 Å². The molecule has 0 bridgehead atoms. The molecule has 0 aromatic rings. The summed E-state index contributed by atoms with van der Waals surface area (Å²) in [6.07, 6.45) is 12.9. The molecule has 1 aliphatic heterocycles. The highest BCUT2D eigenvalue weighted by molar-refractivity contribution is 7.92. The van der Waals surface area contributed by atoms with Crippen LogP contribution in [0.5, 0.6) is 0 Å². The van der Waals surface area contributed by atoms with Crippen LogP contribution in [0.3, 0.4) is 0 Å². The molecule has 5 amide bonds. The lowest BCUT2D eigenvalue weighted by Crippen LogP contribution is -2.65. The van der Waals surface area contributed by atoms with Gasteiger partial charge in [0.25, 0.3) is 5.91 Å². The van der Waals surface area contributed by atoms with Gasteiger partial charge in [0.1, 0.15) is 16.4 Å². The van der Waals surface area contributed by atoms with Gasteiger partial charge in [-0.1, -0.05) is 71.6 Å². The summed E-state index contributed by atoms with van der Waals surface area (Å²) in [4.78, 5) is 71.2. The van der Waals surface area contributed by atoms with E-state index < -0.39 is 83.5 Å². The number of ketones is 1. The number of nitrogens with one attached hydrogen (secondary N) is 4. The van der Waals surface area contributed by atoms with Crippen molar-refractivity contribution in [3.63, 3.8) is 0 Å². The molecular weight excluding hydrogens is 753 g/mol. The van der Waals surface area contributed by atoms with E-state index in [4.69, 9.17) is 23.2 Å². The Labute approximate surface area is 331 Å². The predicted octanol–water partition coefficient (Wildman–Crippen LogP) is 5.08. The number of sulfone groups is 1. The lowest BCUT2D eigenvalue weighted by Gasteiger charge is -2.44. The van der Waals surface area contributed by atoms with Crippen LogP contribution >= 0.6 is 23.2 Å². The topological polar surface area (TPSA) is 171 Å². The third-order valence-corrected chi connectivity index (χ3v) is 18.0. The minimum absolute atomic E-state index is 0.0202. The van der Waals surface area contributed by atoms with E-state index in [-0.39, 0.29) is 30.2 Å². The third-order valence-electron chi connectivity index (χ3n) is 14.0. The average molecular weight is 815 g/mol. The molecule has 5 aliphatic carbocycles. The molecule has 5 atom stereocenters. The maximum absolute atomic E-state index is 14.9. The van der Waals surface area contributed by atoms with Crippen LogP contribution in [0.1, 0.15) is 137 Å². The molecule has 0 spiro atoms. The van der Waals surface area contributed by atoms with Gasteiger partial charge in [0.15, 0.2) is 9.84 Å². The summed E-state index contributed by atoms with van der Waals surface area (Å²) in [5.41, 5.74) is -1.61. The number of hydrogen-bond donors (Lipinski definition) is 4. The average Bonchev–Trinajstić information content (AvgIpc) is 3.95. The molecule has 5 saturated carbocycles. The maximum Gasteiger partial charge on any atom is 0.315 e. The summed E-state index contributed by atoms with van der Waals surface area (Å²) in [6, 6.07) is -3.80. The second kappa shape index (κ2) is 15.7. The Hall–Kier alpha value is -2.12. The number of hydrogen-bond acceptors (Lipinski definition) is 7. The molecule has 2 unspecified atom stereocenters. The van der Waals surface area contributed by atoms with Crippen molar-refractivity contribution in [3.8, 4) is 0 Å². The van der Waals surface area contributed by atoms with E-state index in [0.29, 0.717) is 38.5 Å². The number of fused-ring (bicyclic) bond motifs is 1. The van der Waals surface area contributed by atoms with Gasteiger partial charge in [-0.15, -0.1) is 23.2 Å². The largest absolute Gasteiger partial charge is 0.347 e. The SMILES string of the molecule is CCC(C)(C)S(=O)(=O)CC1(NC(=O)N[C@H](C(=O)N2CC3[C@@H]([C@H]2C(=O)NC(CC2CCC2)C(=O)C(=O)NC2CC2)C3(Cl)Cl)C2(C)CCCCC2)CCCCC1. The van der Waals surface area contributed by atoms with E-state index in [1.54, 1.807) is 13.8 Å². The molecule has 0 aromatic heterocycles. The highest BCUT2D eigenvalue weighted by Crippen LogP contribution is 2.65. The van der Waals surface area contributed by atoms with Crippen molar-refractivity contribution in [3.05, 3.63) is 0 Å². The molecule has 0 radical (unpaired) electrons. The first kappa shape index (κ1) is 41.5. The van der Waals surface area contributed by atoms with Crippen molar-refractivity contribution in [1.82, 2.24) is 26.2 Å². The van der Waals surface area contributed by atoms with E-state index in [1.165, 1.54) is 4.90 Å². The van der Waals surface area contributed by atoms with Crippen molar-refractivity contribution in [2.45, 2.75) is 176 Å². The summed E-state index contributed by atoms with van der Waals surface area (Å²) in [5, 5.41) is 11.7. The summed E-state index contributed by atoms with van der Waals surface area (Å²) in [6.45, 7) is 7.37. The molecule has 4 N–H and O–H groups in total. The Bertz CT molecular complexity index is 1580. The molecular formula is C39H61Cl2N5O7S. The van der Waals surface area contributed by atoms with E-state index >= 15 is 0 Å². The summed E-state index contributed by atoms with van der Waals surface area (Å²) in [5.74, 6) is -3.38. The van der Waals surface area contributed by atoms with Crippen molar-refractivity contribution < 1.29 is 32.4 Å². The van der Waals surface area contributed by atoms with E-state index in [1.807, 2.05) is 13.8 Å². The second-order valence-corrected chi connectivity index (χ2v) is 22.5. The number of halogens is 2. The van der Waals surface area contributed by atoms with Gasteiger partial charge in [-0.3, -0.25) is 19.2 Å². The number of Topliss-reactive ketones (excluding diaryl/α,β-unsaturated/α-hetero) is 1. The van der Waals surface area contributed by atoms with Gasteiger partial charge in [0.05, 0.1) is 22.1 Å².